The summed E-state index contributed by atoms with van der Waals surface area (Å²) >= 11 is 0. The number of unbranched alkanes of at least 4 members (excludes halogenated alkanes) is 2. The maximum Gasteiger partial charge on any atom is -0.0136 e. The van der Waals surface area contributed by atoms with Gasteiger partial charge >= 0.3 is 0 Å². The number of hydrogen-bond donors (Lipinski definition) is 0. The maximum atomic E-state index is 2.34. The first-order valence-corrected chi connectivity index (χ1v) is 5.67. The van der Waals surface area contributed by atoms with E-state index < -0.39 is 0 Å². The molecule has 0 heteroatoms. The van der Waals surface area contributed by atoms with Gasteiger partial charge in [-0.05, 0) is 37.7 Å². The minimum atomic E-state index is 1.25. The summed E-state index contributed by atoms with van der Waals surface area (Å²) in [7, 11) is 0. The van der Waals surface area contributed by atoms with E-state index in [1.807, 2.05) is 0 Å². The highest BCUT2D eigenvalue weighted by molar-refractivity contribution is 5.21. The zero-order valence-electron chi connectivity index (χ0n) is 8.71. The topological polar surface area (TPSA) is 0 Å². The molecule has 14 heavy (non-hydrogen) atoms. The Labute approximate surface area is 86.7 Å². The Hall–Kier alpha value is -1.04. The van der Waals surface area contributed by atoms with E-state index in [1.165, 1.54) is 44.1 Å². The monoisotopic (exact) mass is 186 g/mol. The van der Waals surface area contributed by atoms with Crippen molar-refractivity contribution in [1.29, 1.82) is 0 Å². The zero-order valence-corrected chi connectivity index (χ0v) is 8.71. The zero-order chi connectivity index (χ0) is 9.64. The SMILES string of the molecule is C1=C(CCCCCc2ccccc2)C1. The number of benzene rings is 1. The molecule has 1 aromatic rings. The van der Waals surface area contributed by atoms with Gasteiger partial charge in [-0.2, -0.15) is 0 Å². The lowest BCUT2D eigenvalue weighted by molar-refractivity contribution is 0.680. The first-order chi connectivity index (χ1) is 6.95. The lowest BCUT2D eigenvalue weighted by Gasteiger charge is -2.00. The van der Waals surface area contributed by atoms with Crippen molar-refractivity contribution in [3.8, 4) is 0 Å². The molecule has 0 radical (unpaired) electrons. The highest BCUT2D eigenvalue weighted by Crippen LogP contribution is 2.24. The summed E-state index contributed by atoms with van der Waals surface area (Å²) in [4.78, 5) is 0. The third-order valence-electron chi connectivity index (χ3n) is 2.80. The molecule has 1 aliphatic rings. The fourth-order valence-electron chi connectivity index (χ4n) is 1.78. The van der Waals surface area contributed by atoms with Crippen LogP contribution in [0.2, 0.25) is 0 Å². The first kappa shape index (κ1) is 9.51. The van der Waals surface area contributed by atoms with Crippen LogP contribution < -0.4 is 0 Å². The Morgan fingerprint density at radius 1 is 0.857 bits per heavy atom. The summed E-state index contributed by atoms with van der Waals surface area (Å²) < 4.78 is 0. The molecule has 0 saturated carbocycles. The third kappa shape index (κ3) is 3.37. The molecule has 0 aliphatic heterocycles. The number of rotatable bonds is 6. The largest absolute Gasteiger partial charge is 0.0810 e. The summed E-state index contributed by atoms with van der Waals surface area (Å²) in [6, 6.07) is 10.8. The van der Waals surface area contributed by atoms with Gasteiger partial charge in [-0.1, -0.05) is 48.4 Å². The highest BCUT2D eigenvalue weighted by atomic mass is 14.1. The second-order valence-electron chi connectivity index (χ2n) is 4.11. The summed E-state index contributed by atoms with van der Waals surface area (Å²) in [5.41, 5.74) is 3.17. The molecule has 1 aliphatic carbocycles. The van der Waals surface area contributed by atoms with Gasteiger partial charge in [-0.3, -0.25) is 0 Å². The quantitative estimate of drug-likeness (QED) is 0.463. The molecule has 2 rings (SSSR count). The lowest BCUT2D eigenvalue weighted by Crippen LogP contribution is -1.84. The fourth-order valence-corrected chi connectivity index (χ4v) is 1.78. The van der Waals surface area contributed by atoms with Crippen LogP contribution in [0.25, 0.3) is 0 Å². The van der Waals surface area contributed by atoms with Gasteiger partial charge in [0.1, 0.15) is 0 Å². The van der Waals surface area contributed by atoms with Crippen molar-refractivity contribution in [1.82, 2.24) is 0 Å². The van der Waals surface area contributed by atoms with Crippen LogP contribution in [0.5, 0.6) is 0 Å². The molecule has 0 atom stereocenters. The Balaban J connectivity index is 1.56. The molecule has 0 bridgehead atoms. The Morgan fingerprint density at radius 2 is 1.57 bits per heavy atom. The van der Waals surface area contributed by atoms with Crippen LogP contribution in [0.3, 0.4) is 0 Å². The van der Waals surface area contributed by atoms with Crippen LogP contribution in [-0.2, 0) is 6.42 Å². The molecule has 0 N–H and O–H groups in total. The van der Waals surface area contributed by atoms with Gasteiger partial charge in [0.05, 0.1) is 0 Å². The van der Waals surface area contributed by atoms with Crippen molar-refractivity contribution >= 4 is 0 Å². The second-order valence-corrected chi connectivity index (χ2v) is 4.11. The molecule has 0 aromatic heterocycles. The molecule has 0 spiro atoms. The minimum absolute atomic E-state index is 1.25. The van der Waals surface area contributed by atoms with Crippen molar-refractivity contribution < 1.29 is 0 Å². The van der Waals surface area contributed by atoms with Crippen molar-refractivity contribution in [3.63, 3.8) is 0 Å². The van der Waals surface area contributed by atoms with Gasteiger partial charge in [-0.25, -0.2) is 0 Å². The minimum Gasteiger partial charge on any atom is -0.0810 e. The number of hydrogen-bond acceptors (Lipinski definition) is 0. The highest BCUT2D eigenvalue weighted by Gasteiger charge is 2.05. The van der Waals surface area contributed by atoms with Crippen LogP contribution in [0.15, 0.2) is 42.0 Å². The smallest absolute Gasteiger partial charge is 0.0136 e. The van der Waals surface area contributed by atoms with Crippen LogP contribution in [-0.4, -0.2) is 0 Å². The van der Waals surface area contributed by atoms with Crippen LogP contribution >= 0.6 is 0 Å². The predicted molar refractivity (Wildman–Crippen MR) is 61.3 cm³/mol. The first-order valence-electron chi connectivity index (χ1n) is 5.67. The molecule has 0 fully saturated rings. The van der Waals surface area contributed by atoms with E-state index in [2.05, 4.69) is 36.4 Å². The van der Waals surface area contributed by atoms with Gasteiger partial charge in [0, 0.05) is 0 Å². The predicted octanol–water partition coefficient (Wildman–Crippen LogP) is 4.12. The summed E-state index contributed by atoms with van der Waals surface area (Å²) in [6.07, 6.45) is 10.4. The molecular weight excluding hydrogens is 168 g/mol. The van der Waals surface area contributed by atoms with Crippen molar-refractivity contribution in [3.05, 3.63) is 47.5 Å². The van der Waals surface area contributed by atoms with Gasteiger partial charge in [0.25, 0.3) is 0 Å². The normalized spacial score (nSPS) is 13.9. The maximum absolute atomic E-state index is 2.34. The van der Waals surface area contributed by atoms with Crippen LogP contribution in [0.1, 0.15) is 37.7 Å². The summed E-state index contributed by atoms with van der Waals surface area (Å²) in [6.45, 7) is 0. The van der Waals surface area contributed by atoms with Gasteiger partial charge in [0.15, 0.2) is 0 Å². The second kappa shape index (κ2) is 4.99. The van der Waals surface area contributed by atoms with Gasteiger partial charge < -0.3 is 0 Å². The third-order valence-corrected chi connectivity index (χ3v) is 2.80. The molecule has 0 saturated heterocycles. The van der Waals surface area contributed by atoms with Crippen LogP contribution in [0.4, 0.5) is 0 Å². The van der Waals surface area contributed by atoms with E-state index in [0.29, 0.717) is 0 Å². The van der Waals surface area contributed by atoms with E-state index >= 15 is 0 Å². The number of allylic oxidation sites excluding steroid dienone is 2. The summed E-state index contributed by atoms with van der Waals surface area (Å²) in [5, 5.41) is 0. The lowest BCUT2D eigenvalue weighted by atomic mass is 10.1. The Morgan fingerprint density at radius 3 is 2.29 bits per heavy atom. The van der Waals surface area contributed by atoms with Gasteiger partial charge in [0.2, 0.25) is 0 Å². The molecule has 74 valence electrons. The Kier molecular flexibility index (Phi) is 3.39. The van der Waals surface area contributed by atoms with Crippen LogP contribution in [0, 0.1) is 0 Å². The fraction of sp³-hybridized carbons (Fsp3) is 0.429. The molecule has 1 aromatic carbocycles. The molecular formula is C14H18. The molecule has 0 unspecified atom stereocenters. The molecule has 0 amide bonds. The van der Waals surface area contributed by atoms with E-state index in [-0.39, 0.29) is 0 Å². The standard InChI is InChI=1S/C14H18/c1-3-7-13(8-4-1)9-5-2-6-10-14-11-12-14/h1,3-4,7-8,11H,2,5-6,9-10,12H2. The molecule has 0 nitrogen and oxygen atoms in total. The van der Waals surface area contributed by atoms with Crippen molar-refractivity contribution in [2.75, 3.05) is 0 Å². The van der Waals surface area contributed by atoms with Gasteiger partial charge in [-0.15, -0.1) is 0 Å². The van der Waals surface area contributed by atoms with E-state index in [4.69, 9.17) is 0 Å². The van der Waals surface area contributed by atoms with E-state index in [9.17, 15) is 0 Å². The summed E-state index contributed by atoms with van der Waals surface area (Å²) in [5.74, 6) is 0. The van der Waals surface area contributed by atoms with Crippen molar-refractivity contribution in [2.24, 2.45) is 0 Å². The molecule has 0 heterocycles. The van der Waals surface area contributed by atoms with E-state index in [1.54, 1.807) is 5.57 Å². The van der Waals surface area contributed by atoms with E-state index in [0.717, 1.165) is 0 Å². The average molecular weight is 186 g/mol. The average Bonchev–Trinajstić information content (AvgIpc) is 3.03. The van der Waals surface area contributed by atoms with Crippen molar-refractivity contribution in [2.45, 2.75) is 38.5 Å². The Bertz CT molecular complexity index is 295. The number of aryl methyl sites for hydroxylation is 1.